The number of hydrogen-bond acceptors (Lipinski definition) is 3. The van der Waals surface area contributed by atoms with Crippen LogP contribution in [0.25, 0.3) is 10.4 Å². The smallest absolute Gasteiger partial charge is 0.0505 e. The van der Waals surface area contributed by atoms with E-state index >= 15 is 0 Å². The summed E-state index contributed by atoms with van der Waals surface area (Å²) in [6.07, 6.45) is 0. The largest absolute Gasteiger partial charge is 0.384 e. The molecule has 0 aliphatic carbocycles. The first-order valence-electron chi connectivity index (χ1n) is 5.00. The molecule has 0 N–H and O–H groups in total. The van der Waals surface area contributed by atoms with E-state index in [-0.39, 0.29) is 0 Å². The summed E-state index contributed by atoms with van der Waals surface area (Å²) in [5.41, 5.74) is 8.15. The number of hydrogen-bond donors (Lipinski definition) is 0. The molecule has 1 aliphatic rings. The van der Waals surface area contributed by atoms with Crippen LogP contribution in [0, 0.1) is 11.8 Å². The van der Waals surface area contributed by atoms with E-state index in [2.05, 4.69) is 21.8 Å². The zero-order valence-corrected chi connectivity index (χ0v) is 8.89. The lowest BCUT2D eigenvalue weighted by Crippen LogP contribution is -2.24. The third-order valence-corrected chi connectivity index (χ3v) is 2.80. The summed E-state index contributed by atoms with van der Waals surface area (Å²) in [4.78, 5) is 5.08. The Balaban J connectivity index is 2.27. The Morgan fingerprint density at radius 3 is 3.00 bits per heavy atom. The average Bonchev–Trinajstić information content (AvgIpc) is 2.49. The summed E-state index contributed by atoms with van der Waals surface area (Å²) in [7, 11) is 1.75. The van der Waals surface area contributed by atoms with Gasteiger partial charge in [0.2, 0.25) is 0 Å². The Kier molecular flexibility index (Phi) is 4.73. The van der Waals surface area contributed by atoms with Gasteiger partial charge in [0, 0.05) is 38.2 Å². The van der Waals surface area contributed by atoms with Gasteiger partial charge in [0.05, 0.1) is 6.61 Å². The molecule has 0 aromatic carbocycles. The van der Waals surface area contributed by atoms with Crippen molar-refractivity contribution in [1.82, 2.24) is 4.90 Å². The fourth-order valence-corrected chi connectivity index (χ4v) is 1.99. The fraction of sp³-hybridized carbons (Fsp3) is 1.00. The molecule has 1 rings (SSSR count). The van der Waals surface area contributed by atoms with Crippen LogP contribution in [-0.2, 0) is 4.74 Å². The minimum absolute atomic E-state index is 0.572. The molecule has 1 heterocycles. The highest BCUT2D eigenvalue weighted by atomic mass is 16.5. The Hall–Kier alpha value is -0.770. The molecule has 0 bridgehead atoms. The van der Waals surface area contributed by atoms with E-state index in [0.29, 0.717) is 18.4 Å². The van der Waals surface area contributed by atoms with Gasteiger partial charge in [-0.05, 0) is 17.4 Å². The third-order valence-electron chi connectivity index (χ3n) is 2.80. The van der Waals surface area contributed by atoms with Gasteiger partial charge in [-0.25, -0.2) is 0 Å². The molecule has 1 saturated heterocycles. The Labute approximate surface area is 84.7 Å². The summed E-state index contributed by atoms with van der Waals surface area (Å²) in [5, 5.41) is 3.54. The van der Waals surface area contributed by atoms with Crippen LogP contribution in [0.1, 0.15) is 6.92 Å². The van der Waals surface area contributed by atoms with Crippen molar-refractivity contribution in [2.75, 3.05) is 39.9 Å². The van der Waals surface area contributed by atoms with E-state index in [9.17, 15) is 0 Å². The second-order valence-electron chi connectivity index (χ2n) is 3.91. The number of nitrogens with zero attached hydrogens (tertiary/aromatic N) is 4. The molecule has 5 nitrogen and oxygen atoms in total. The van der Waals surface area contributed by atoms with Crippen LogP contribution in [0.3, 0.4) is 0 Å². The van der Waals surface area contributed by atoms with E-state index < -0.39 is 0 Å². The van der Waals surface area contributed by atoms with Gasteiger partial charge in [-0.2, -0.15) is 0 Å². The average molecular weight is 198 g/mol. The number of rotatable bonds is 5. The lowest BCUT2D eigenvalue weighted by atomic mass is 10.00. The number of likely N-dealkylation sites (tertiary alicyclic amines) is 1. The maximum absolute atomic E-state index is 8.15. The van der Waals surface area contributed by atoms with Crippen molar-refractivity contribution in [3.05, 3.63) is 10.4 Å². The van der Waals surface area contributed by atoms with Crippen LogP contribution in [0.5, 0.6) is 0 Å². The SMILES string of the molecule is COCC1CN(CCN=[N+]=[N-])CC1C. The van der Waals surface area contributed by atoms with Crippen molar-refractivity contribution in [3.63, 3.8) is 0 Å². The molecule has 0 radical (unpaired) electrons. The molecule has 14 heavy (non-hydrogen) atoms. The maximum atomic E-state index is 8.15. The summed E-state index contributed by atoms with van der Waals surface area (Å²) in [6.45, 7) is 6.68. The Morgan fingerprint density at radius 1 is 1.57 bits per heavy atom. The zero-order valence-electron chi connectivity index (χ0n) is 8.89. The lowest BCUT2D eigenvalue weighted by molar-refractivity contribution is 0.140. The topological polar surface area (TPSA) is 61.2 Å². The van der Waals surface area contributed by atoms with Crippen molar-refractivity contribution in [2.24, 2.45) is 17.0 Å². The quantitative estimate of drug-likeness (QED) is 0.382. The van der Waals surface area contributed by atoms with Crippen molar-refractivity contribution < 1.29 is 4.74 Å². The molecular formula is C9H18N4O. The second-order valence-corrected chi connectivity index (χ2v) is 3.91. The van der Waals surface area contributed by atoms with E-state index in [1.54, 1.807) is 7.11 Å². The number of azide groups is 1. The van der Waals surface area contributed by atoms with Crippen molar-refractivity contribution >= 4 is 0 Å². The molecule has 1 fully saturated rings. The highest BCUT2D eigenvalue weighted by Gasteiger charge is 2.28. The molecule has 0 saturated carbocycles. The highest BCUT2D eigenvalue weighted by Crippen LogP contribution is 2.22. The minimum Gasteiger partial charge on any atom is -0.384 e. The van der Waals surface area contributed by atoms with Gasteiger partial charge >= 0.3 is 0 Å². The van der Waals surface area contributed by atoms with Crippen molar-refractivity contribution in [3.8, 4) is 0 Å². The summed E-state index contributed by atoms with van der Waals surface area (Å²) in [6, 6.07) is 0. The molecule has 1 aliphatic heterocycles. The van der Waals surface area contributed by atoms with Gasteiger partial charge in [-0.3, -0.25) is 0 Å². The first kappa shape index (κ1) is 11.3. The van der Waals surface area contributed by atoms with E-state index in [1.165, 1.54) is 0 Å². The van der Waals surface area contributed by atoms with Gasteiger partial charge in [0.25, 0.3) is 0 Å². The van der Waals surface area contributed by atoms with Crippen LogP contribution in [0.4, 0.5) is 0 Å². The van der Waals surface area contributed by atoms with Gasteiger partial charge in [-0.15, -0.1) is 0 Å². The van der Waals surface area contributed by atoms with Gasteiger partial charge in [0.1, 0.15) is 0 Å². The molecule has 0 spiro atoms. The molecule has 0 aromatic heterocycles. The predicted molar refractivity (Wildman–Crippen MR) is 55.0 cm³/mol. The monoisotopic (exact) mass is 198 g/mol. The summed E-state index contributed by atoms with van der Waals surface area (Å²) >= 11 is 0. The van der Waals surface area contributed by atoms with Crippen LogP contribution < -0.4 is 0 Å². The van der Waals surface area contributed by atoms with Gasteiger partial charge < -0.3 is 9.64 Å². The van der Waals surface area contributed by atoms with Crippen LogP contribution >= 0.6 is 0 Å². The third kappa shape index (κ3) is 3.18. The van der Waals surface area contributed by atoms with Gasteiger partial charge in [0.15, 0.2) is 0 Å². The molecule has 2 unspecified atom stereocenters. The summed E-state index contributed by atoms with van der Waals surface area (Å²) in [5.74, 6) is 1.31. The normalized spacial score (nSPS) is 27.6. The van der Waals surface area contributed by atoms with Crippen LogP contribution in [-0.4, -0.2) is 44.8 Å². The Bertz CT molecular complexity index is 215. The minimum atomic E-state index is 0.572. The first-order valence-corrected chi connectivity index (χ1v) is 5.00. The van der Waals surface area contributed by atoms with Crippen LogP contribution in [0.15, 0.2) is 5.11 Å². The van der Waals surface area contributed by atoms with E-state index in [1.807, 2.05) is 0 Å². The Morgan fingerprint density at radius 2 is 2.36 bits per heavy atom. The predicted octanol–water partition coefficient (Wildman–Crippen LogP) is 1.51. The first-order chi connectivity index (χ1) is 6.77. The zero-order chi connectivity index (χ0) is 10.4. The maximum Gasteiger partial charge on any atom is 0.0505 e. The molecule has 5 heteroatoms. The van der Waals surface area contributed by atoms with Crippen molar-refractivity contribution in [2.45, 2.75) is 6.92 Å². The van der Waals surface area contributed by atoms with E-state index in [4.69, 9.17) is 10.3 Å². The molecular weight excluding hydrogens is 180 g/mol. The van der Waals surface area contributed by atoms with Crippen molar-refractivity contribution in [1.29, 1.82) is 0 Å². The molecule has 80 valence electrons. The van der Waals surface area contributed by atoms with Gasteiger partial charge in [-0.1, -0.05) is 12.0 Å². The highest BCUT2D eigenvalue weighted by molar-refractivity contribution is 4.81. The molecule has 0 amide bonds. The second kappa shape index (κ2) is 5.86. The lowest BCUT2D eigenvalue weighted by Gasteiger charge is -2.13. The number of ether oxygens (including phenoxy) is 1. The standard InChI is InChI=1S/C9H18N4O/c1-8-5-13(4-3-11-12-10)6-9(8)7-14-2/h8-9H,3-7H2,1-2H3. The fourth-order valence-electron chi connectivity index (χ4n) is 1.99. The number of methoxy groups -OCH3 is 1. The van der Waals surface area contributed by atoms with Crippen LogP contribution in [0.2, 0.25) is 0 Å². The molecule has 0 aromatic rings. The van der Waals surface area contributed by atoms with E-state index in [0.717, 1.165) is 26.2 Å². The molecule has 2 atom stereocenters. The summed E-state index contributed by atoms with van der Waals surface area (Å²) < 4.78 is 5.16.